The van der Waals surface area contributed by atoms with Crippen molar-refractivity contribution in [2.24, 2.45) is 10.4 Å². The monoisotopic (exact) mass is 311 g/mol. The number of hydrogen-bond donors (Lipinski definition) is 2. The van der Waals surface area contributed by atoms with Crippen molar-refractivity contribution >= 4 is 11.8 Å². The van der Waals surface area contributed by atoms with Crippen molar-refractivity contribution in [3.8, 4) is 5.88 Å². The molecule has 1 aliphatic rings. The molecular formula is C17H21N5O. The van der Waals surface area contributed by atoms with Crippen LogP contribution < -0.4 is 15.4 Å². The molecule has 1 aromatic heterocycles. The Morgan fingerprint density at radius 3 is 2.78 bits per heavy atom. The fourth-order valence-electron chi connectivity index (χ4n) is 2.14. The van der Waals surface area contributed by atoms with Gasteiger partial charge in [0.25, 0.3) is 0 Å². The molecule has 6 nitrogen and oxygen atoms in total. The van der Waals surface area contributed by atoms with Gasteiger partial charge in [0.15, 0.2) is 11.8 Å². The molecule has 0 radical (unpaired) electrons. The van der Waals surface area contributed by atoms with E-state index >= 15 is 0 Å². The predicted molar refractivity (Wildman–Crippen MR) is 90.5 cm³/mol. The van der Waals surface area contributed by atoms with Crippen LogP contribution in [0.3, 0.4) is 0 Å². The summed E-state index contributed by atoms with van der Waals surface area (Å²) in [6, 6.07) is 9.97. The number of aliphatic imine (C=N–C) groups is 1. The Morgan fingerprint density at radius 2 is 2.04 bits per heavy atom. The quantitative estimate of drug-likeness (QED) is 0.907. The molecule has 0 atom stereocenters. The van der Waals surface area contributed by atoms with E-state index in [-0.39, 0.29) is 5.41 Å². The van der Waals surface area contributed by atoms with Gasteiger partial charge in [-0.15, -0.1) is 0 Å². The predicted octanol–water partition coefficient (Wildman–Crippen LogP) is 2.45. The SMILES string of the molecule is CC1(C)CN=C(Nc2cncc(OCc3ccccc3)n2)NC1. The van der Waals surface area contributed by atoms with Crippen LogP contribution in [0, 0.1) is 5.41 Å². The maximum atomic E-state index is 5.68. The van der Waals surface area contributed by atoms with Crippen molar-refractivity contribution in [2.75, 3.05) is 18.4 Å². The third kappa shape index (κ3) is 4.42. The van der Waals surface area contributed by atoms with Crippen LogP contribution in [0.5, 0.6) is 5.88 Å². The van der Waals surface area contributed by atoms with E-state index in [4.69, 9.17) is 4.74 Å². The summed E-state index contributed by atoms with van der Waals surface area (Å²) in [6.07, 6.45) is 3.26. The van der Waals surface area contributed by atoms with Crippen LogP contribution in [-0.4, -0.2) is 29.0 Å². The summed E-state index contributed by atoms with van der Waals surface area (Å²) in [5.41, 5.74) is 1.27. The van der Waals surface area contributed by atoms with Crippen LogP contribution in [-0.2, 0) is 6.61 Å². The maximum Gasteiger partial charge on any atom is 0.234 e. The Labute approximate surface area is 136 Å². The van der Waals surface area contributed by atoms with Gasteiger partial charge in [-0.05, 0) is 5.56 Å². The largest absolute Gasteiger partial charge is 0.472 e. The number of benzene rings is 1. The molecule has 2 N–H and O–H groups in total. The molecule has 2 aromatic rings. The third-order valence-electron chi connectivity index (χ3n) is 3.49. The minimum absolute atomic E-state index is 0.178. The molecule has 0 bridgehead atoms. The summed E-state index contributed by atoms with van der Waals surface area (Å²) < 4.78 is 5.68. The van der Waals surface area contributed by atoms with Crippen molar-refractivity contribution in [3.05, 3.63) is 48.3 Å². The van der Waals surface area contributed by atoms with E-state index in [9.17, 15) is 0 Å². The van der Waals surface area contributed by atoms with Gasteiger partial charge in [0, 0.05) is 18.5 Å². The normalized spacial score (nSPS) is 16.2. The van der Waals surface area contributed by atoms with Crippen LogP contribution >= 0.6 is 0 Å². The van der Waals surface area contributed by atoms with Gasteiger partial charge in [0.2, 0.25) is 5.88 Å². The van der Waals surface area contributed by atoms with Gasteiger partial charge >= 0.3 is 0 Å². The molecule has 0 aliphatic carbocycles. The van der Waals surface area contributed by atoms with Gasteiger partial charge in [-0.3, -0.25) is 9.98 Å². The van der Waals surface area contributed by atoms with Gasteiger partial charge in [-0.2, -0.15) is 4.98 Å². The second-order valence-corrected chi connectivity index (χ2v) is 6.32. The van der Waals surface area contributed by atoms with Gasteiger partial charge < -0.3 is 15.4 Å². The highest BCUT2D eigenvalue weighted by Crippen LogP contribution is 2.17. The van der Waals surface area contributed by atoms with Gasteiger partial charge in [0.05, 0.1) is 12.4 Å². The first-order chi connectivity index (χ1) is 11.1. The molecule has 0 fully saturated rings. The molecule has 23 heavy (non-hydrogen) atoms. The van der Waals surface area contributed by atoms with Gasteiger partial charge in [-0.25, -0.2) is 0 Å². The fraction of sp³-hybridized carbons (Fsp3) is 0.353. The number of rotatable bonds is 4. The number of aromatic nitrogens is 2. The second kappa shape index (κ2) is 6.64. The number of nitrogens with zero attached hydrogens (tertiary/aromatic N) is 3. The number of hydrogen-bond acceptors (Lipinski definition) is 6. The molecular weight excluding hydrogens is 290 g/mol. The first-order valence-corrected chi connectivity index (χ1v) is 7.65. The maximum absolute atomic E-state index is 5.68. The van der Waals surface area contributed by atoms with E-state index in [1.54, 1.807) is 12.4 Å². The fourth-order valence-corrected chi connectivity index (χ4v) is 2.14. The first kappa shape index (κ1) is 15.3. The highest BCUT2D eigenvalue weighted by Gasteiger charge is 2.22. The summed E-state index contributed by atoms with van der Waals surface area (Å²) in [5, 5.41) is 6.41. The zero-order valence-corrected chi connectivity index (χ0v) is 13.4. The molecule has 0 saturated heterocycles. The third-order valence-corrected chi connectivity index (χ3v) is 3.49. The smallest absolute Gasteiger partial charge is 0.234 e. The lowest BCUT2D eigenvalue weighted by molar-refractivity contribution is 0.293. The van der Waals surface area contributed by atoms with E-state index in [1.807, 2.05) is 30.3 Å². The minimum atomic E-state index is 0.178. The standard InChI is InChI=1S/C17H21N5O/c1-17(2)11-19-16(20-12-17)22-14-8-18-9-15(21-14)23-10-13-6-4-3-5-7-13/h3-9H,10-12H2,1-2H3,(H2,19,20,21,22). The molecule has 2 heterocycles. The average Bonchev–Trinajstić information content (AvgIpc) is 2.56. The lowest BCUT2D eigenvalue weighted by Crippen LogP contribution is -2.44. The van der Waals surface area contributed by atoms with E-state index < -0.39 is 0 Å². The molecule has 0 spiro atoms. The van der Waals surface area contributed by atoms with Crippen molar-refractivity contribution in [2.45, 2.75) is 20.5 Å². The lowest BCUT2D eigenvalue weighted by Gasteiger charge is -2.29. The van der Waals surface area contributed by atoms with Crippen LogP contribution in [0.15, 0.2) is 47.7 Å². The van der Waals surface area contributed by atoms with Crippen LogP contribution in [0.1, 0.15) is 19.4 Å². The molecule has 0 unspecified atom stereocenters. The average molecular weight is 311 g/mol. The second-order valence-electron chi connectivity index (χ2n) is 6.32. The summed E-state index contributed by atoms with van der Waals surface area (Å²) in [4.78, 5) is 13.0. The summed E-state index contributed by atoms with van der Waals surface area (Å²) in [6.45, 7) is 6.47. The highest BCUT2D eigenvalue weighted by molar-refractivity contribution is 5.93. The first-order valence-electron chi connectivity index (χ1n) is 7.65. The number of anilines is 1. The topological polar surface area (TPSA) is 71.4 Å². The van der Waals surface area contributed by atoms with Crippen LogP contribution in [0.4, 0.5) is 5.82 Å². The van der Waals surface area contributed by atoms with E-state index in [0.29, 0.717) is 18.3 Å². The Morgan fingerprint density at radius 1 is 1.22 bits per heavy atom. The Balaban J connectivity index is 1.60. The van der Waals surface area contributed by atoms with Crippen molar-refractivity contribution in [1.82, 2.24) is 15.3 Å². The van der Waals surface area contributed by atoms with Crippen LogP contribution in [0.25, 0.3) is 0 Å². The molecule has 3 rings (SSSR count). The van der Waals surface area contributed by atoms with Gasteiger partial charge in [0.1, 0.15) is 6.61 Å². The Kier molecular flexibility index (Phi) is 4.41. The number of guanidine groups is 1. The molecule has 1 aromatic carbocycles. The van der Waals surface area contributed by atoms with E-state index in [2.05, 4.69) is 39.4 Å². The van der Waals surface area contributed by atoms with Crippen molar-refractivity contribution in [1.29, 1.82) is 0 Å². The Hall–Kier alpha value is -2.63. The summed E-state index contributed by atoms with van der Waals surface area (Å²) >= 11 is 0. The number of ether oxygens (including phenoxy) is 1. The molecule has 1 aliphatic heterocycles. The van der Waals surface area contributed by atoms with Crippen molar-refractivity contribution in [3.63, 3.8) is 0 Å². The zero-order chi connectivity index (χ0) is 16.1. The lowest BCUT2D eigenvalue weighted by atomic mass is 9.93. The Bertz CT molecular complexity index is 684. The van der Waals surface area contributed by atoms with E-state index in [1.165, 1.54) is 0 Å². The molecule has 6 heteroatoms. The molecule has 120 valence electrons. The molecule has 0 saturated carbocycles. The highest BCUT2D eigenvalue weighted by atomic mass is 16.5. The van der Waals surface area contributed by atoms with Crippen molar-refractivity contribution < 1.29 is 4.74 Å². The van der Waals surface area contributed by atoms with E-state index in [0.717, 1.165) is 24.6 Å². The number of nitrogens with one attached hydrogen (secondary N) is 2. The molecule has 0 amide bonds. The van der Waals surface area contributed by atoms with Gasteiger partial charge in [-0.1, -0.05) is 44.2 Å². The summed E-state index contributed by atoms with van der Waals surface area (Å²) in [7, 11) is 0. The zero-order valence-electron chi connectivity index (χ0n) is 13.4. The summed E-state index contributed by atoms with van der Waals surface area (Å²) in [5.74, 6) is 1.82. The minimum Gasteiger partial charge on any atom is -0.472 e. The van der Waals surface area contributed by atoms with Crippen LogP contribution in [0.2, 0.25) is 0 Å².